The second kappa shape index (κ2) is 17.5. The van der Waals surface area contributed by atoms with E-state index in [1.165, 1.54) is 0 Å². The summed E-state index contributed by atoms with van der Waals surface area (Å²) in [5.74, 6) is -4.11. The molecular weight excluding hydrogens is 867 g/mol. The van der Waals surface area contributed by atoms with E-state index >= 15 is 4.79 Å². The summed E-state index contributed by atoms with van der Waals surface area (Å²) in [5.41, 5.74) is -1.29. The number of allylic oxidation sites excluding steroid dienone is 5. The SMILES string of the molecule is CCCC1CCC2OC3C(C(O)CCCC3(O)C(C)(O)C3CCC4(O)C5=C(NCC(C)O)C(=O)C6C7CCC8C(C9=C(CCCO)NC(N)C=C9)C=CC(O)(CC34C)C5C86CC(O)C7O)C2CC1. The van der Waals surface area contributed by atoms with Gasteiger partial charge in [0.2, 0.25) is 0 Å². The number of carbonyl (C=O) groups is 1. The number of nitrogens with two attached hydrogens (primary N) is 1. The number of carbonyl (C=O) groups excluding carboxylic acids is 1. The molecule has 0 aromatic rings. The number of aliphatic hydroxyl groups excluding tert-OH is 5. The lowest BCUT2D eigenvalue weighted by atomic mass is 9.35. The molecule has 14 heteroatoms. The number of dihydropyridines is 1. The molecule has 0 aromatic carbocycles. The number of Topliss-reactive ketones (excluding diaryl/α,β-unsaturated/α-hetero) is 1. The van der Waals surface area contributed by atoms with Gasteiger partial charge in [0, 0.05) is 47.9 Å². The standard InChI is InChI=1S/C54H83N3O11/c1-5-8-29-11-13-32-38(17-12-29)68-48-41(32)36(60)10-6-21-54(48,67)50(4,64)39-20-23-53(66)43-44(56-26-28(2)59)46(63)42-33-14-16-34-30(31-15-18-40(55)57-35(31)9-7-24-58)19-22-51(65,27-49(39,53)3)47(43)52(34,42)25-37(61)45(33)62/h15,18-19,22,28-30,32-34,36-42,45,47-48,56-62,64-67H,5-14,16-17,20-21,23-27,55H2,1-4H3. The highest BCUT2D eigenvalue weighted by atomic mass is 16.5. The van der Waals surface area contributed by atoms with Crippen LogP contribution in [0.15, 0.2) is 46.8 Å². The minimum atomic E-state index is -1.92. The van der Waals surface area contributed by atoms with Crippen LogP contribution in [0.25, 0.3) is 0 Å². The van der Waals surface area contributed by atoms with Crippen LogP contribution in [0.5, 0.6) is 0 Å². The Morgan fingerprint density at radius 3 is 2.49 bits per heavy atom. The van der Waals surface area contributed by atoms with Crippen molar-refractivity contribution in [2.24, 2.45) is 69.8 Å². The first kappa shape index (κ1) is 49.4. The molecule has 1 saturated heterocycles. The summed E-state index contributed by atoms with van der Waals surface area (Å²) in [6, 6.07) is 0. The third-order valence-corrected chi connectivity index (χ3v) is 21.0. The molecule has 13 N–H and O–H groups in total. The minimum Gasteiger partial charge on any atom is -0.396 e. The summed E-state index contributed by atoms with van der Waals surface area (Å²) < 4.78 is 7.01. The van der Waals surface area contributed by atoms with Gasteiger partial charge in [-0.1, -0.05) is 51.3 Å². The van der Waals surface area contributed by atoms with Crippen molar-refractivity contribution in [1.29, 1.82) is 0 Å². The van der Waals surface area contributed by atoms with E-state index < -0.39 is 105 Å². The fraction of sp³-hybridized carbons (Fsp3) is 0.833. The Labute approximate surface area is 402 Å². The van der Waals surface area contributed by atoms with Crippen molar-refractivity contribution in [2.75, 3.05) is 13.2 Å². The molecule has 10 aliphatic rings. The summed E-state index contributed by atoms with van der Waals surface area (Å²) in [6.07, 6.45) is 11.7. The highest BCUT2D eigenvalue weighted by Gasteiger charge is 2.80. The van der Waals surface area contributed by atoms with Crippen molar-refractivity contribution in [1.82, 2.24) is 10.6 Å². The van der Waals surface area contributed by atoms with Crippen molar-refractivity contribution in [3.05, 3.63) is 46.8 Å². The maximum atomic E-state index is 15.9. The Morgan fingerprint density at radius 2 is 1.75 bits per heavy atom. The predicted molar refractivity (Wildman–Crippen MR) is 253 cm³/mol. The zero-order valence-corrected chi connectivity index (χ0v) is 40.9. The maximum Gasteiger partial charge on any atom is 0.182 e. The van der Waals surface area contributed by atoms with Crippen molar-refractivity contribution in [2.45, 2.75) is 202 Å². The Bertz CT molecular complexity index is 2090. The van der Waals surface area contributed by atoms with E-state index in [0.29, 0.717) is 50.0 Å². The van der Waals surface area contributed by atoms with Crippen molar-refractivity contribution in [3.63, 3.8) is 0 Å². The van der Waals surface area contributed by atoms with E-state index in [9.17, 15) is 46.0 Å². The number of fused-ring (bicyclic) bond motifs is 5. The topological polar surface area (TPSA) is 258 Å². The zero-order valence-electron chi connectivity index (χ0n) is 40.9. The molecule has 2 bridgehead atoms. The van der Waals surface area contributed by atoms with E-state index in [2.05, 4.69) is 17.6 Å². The fourth-order valence-electron chi connectivity index (χ4n) is 18.3. The Kier molecular flexibility index (Phi) is 12.7. The van der Waals surface area contributed by atoms with Gasteiger partial charge in [0.25, 0.3) is 0 Å². The first-order valence-electron chi connectivity index (χ1n) is 26.8. The van der Waals surface area contributed by atoms with Crippen LogP contribution in [-0.4, -0.2) is 130 Å². The molecule has 6 saturated carbocycles. The average Bonchev–Trinajstić information content (AvgIpc) is 3.62. The van der Waals surface area contributed by atoms with Crippen LogP contribution in [-0.2, 0) is 9.53 Å². The molecule has 7 fully saturated rings. The van der Waals surface area contributed by atoms with Gasteiger partial charge in [-0.05, 0) is 156 Å². The predicted octanol–water partition coefficient (Wildman–Crippen LogP) is 3.12. The normalized spacial score (nSPS) is 50.7. The van der Waals surface area contributed by atoms with Crippen LogP contribution in [0.4, 0.5) is 0 Å². The van der Waals surface area contributed by atoms with Crippen LogP contribution >= 0.6 is 0 Å². The Hall–Kier alpha value is -2.21. The second-order valence-corrected chi connectivity index (χ2v) is 24.4. The second-order valence-electron chi connectivity index (χ2n) is 24.4. The zero-order chi connectivity index (χ0) is 48.5. The minimum absolute atomic E-state index is 0.00205. The van der Waals surface area contributed by atoms with Gasteiger partial charge in [-0.15, -0.1) is 0 Å². The van der Waals surface area contributed by atoms with Gasteiger partial charge in [0.05, 0.1) is 65.3 Å². The molecule has 1 spiro atoms. The van der Waals surface area contributed by atoms with Gasteiger partial charge >= 0.3 is 0 Å². The molecule has 0 amide bonds. The molecule has 10 rings (SSSR count). The van der Waals surface area contributed by atoms with Gasteiger partial charge in [-0.3, -0.25) is 4.79 Å². The summed E-state index contributed by atoms with van der Waals surface area (Å²) >= 11 is 0. The summed E-state index contributed by atoms with van der Waals surface area (Å²) in [6.45, 7) is 7.33. The fourth-order valence-corrected chi connectivity index (χ4v) is 18.3. The molecule has 0 aromatic heterocycles. The maximum absolute atomic E-state index is 15.9. The largest absolute Gasteiger partial charge is 0.396 e. The highest BCUT2D eigenvalue weighted by molar-refractivity contribution is 6.00. The van der Waals surface area contributed by atoms with Crippen LogP contribution < -0.4 is 16.4 Å². The first-order valence-corrected chi connectivity index (χ1v) is 26.8. The Morgan fingerprint density at radius 1 is 1.00 bits per heavy atom. The number of hydrogen-bond acceptors (Lipinski definition) is 14. The number of aliphatic hydroxyl groups is 9. The van der Waals surface area contributed by atoms with E-state index in [0.717, 1.165) is 49.8 Å². The highest BCUT2D eigenvalue weighted by Crippen LogP contribution is 2.77. The lowest BCUT2D eigenvalue weighted by molar-refractivity contribution is -0.268. The van der Waals surface area contributed by atoms with E-state index in [-0.39, 0.29) is 74.7 Å². The lowest BCUT2D eigenvalue weighted by Crippen LogP contribution is -2.75. The van der Waals surface area contributed by atoms with Gasteiger partial charge in [0.1, 0.15) is 5.60 Å². The van der Waals surface area contributed by atoms with E-state index in [1.807, 2.05) is 31.2 Å². The summed E-state index contributed by atoms with van der Waals surface area (Å²) in [4.78, 5) is 15.9. The van der Waals surface area contributed by atoms with Gasteiger partial charge < -0.3 is 67.1 Å². The molecule has 68 heavy (non-hydrogen) atoms. The number of rotatable bonds is 11. The number of nitrogens with one attached hydrogen (secondary N) is 2. The van der Waals surface area contributed by atoms with Gasteiger partial charge in [0.15, 0.2) is 5.78 Å². The molecule has 380 valence electrons. The first-order chi connectivity index (χ1) is 32.2. The molecule has 22 atom stereocenters. The third-order valence-electron chi connectivity index (χ3n) is 21.0. The number of ketones is 1. The molecular formula is C54H83N3O11. The quantitative estimate of drug-likeness (QED) is 0.133. The molecule has 2 heterocycles. The van der Waals surface area contributed by atoms with Crippen molar-refractivity contribution >= 4 is 5.78 Å². The summed E-state index contributed by atoms with van der Waals surface area (Å²) in [5, 5.41) is 119. The molecule has 0 radical (unpaired) electrons. The van der Waals surface area contributed by atoms with Gasteiger partial charge in [-0.2, -0.15) is 0 Å². The van der Waals surface area contributed by atoms with E-state index in [4.69, 9.17) is 10.5 Å². The van der Waals surface area contributed by atoms with Crippen LogP contribution in [0.1, 0.15) is 137 Å². The van der Waals surface area contributed by atoms with Crippen molar-refractivity contribution in [3.8, 4) is 0 Å². The molecule has 22 unspecified atom stereocenters. The number of hydrogen-bond donors (Lipinski definition) is 12. The van der Waals surface area contributed by atoms with Crippen LogP contribution in [0.3, 0.4) is 0 Å². The smallest absolute Gasteiger partial charge is 0.182 e. The lowest BCUT2D eigenvalue weighted by Gasteiger charge is -2.70. The number of ether oxygens (including phenoxy) is 1. The average molecular weight is 950 g/mol. The van der Waals surface area contributed by atoms with Gasteiger partial charge in [-0.25, -0.2) is 0 Å². The molecule has 8 aliphatic carbocycles. The third kappa shape index (κ3) is 6.98. The van der Waals surface area contributed by atoms with Crippen LogP contribution in [0.2, 0.25) is 0 Å². The summed E-state index contributed by atoms with van der Waals surface area (Å²) in [7, 11) is 0. The van der Waals surface area contributed by atoms with E-state index in [1.54, 1.807) is 13.8 Å². The van der Waals surface area contributed by atoms with Crippen LogP contribution in [0, 0.1) is 64.1 Å². The van der Waals surface area contributed by atoms with Crippen molar-refractivity contribution < 1.29 is 55.5 Å². The molecule has 14 nitrogen and oxygen atoms in total. The molecule has 2 aliphatic heterocycles. The Balaban J connectivity index is 1.14. The monoisotopic (exact) mass is 950 g/mol.